The summed E-state index contributed by atoms with van der Waals surface area (Å²) in [5.74, 6) is 2.34. The minimum Gasteiger partial charge on any atom is -0.352 e. The molecule has 1 fully saturated rings. The van der Waals surface area contributed by atoms with E-state index in [4.69, 9.17) is 4.98 Å². The molecule has 6 heteroatoms. The maximum absolute atomic E-state index is 4.84. The zero-order valence-electron chi connectivity index (χ0n) is 15.7. The van der Waals surface area contributed by atoms with Crippen molar-refractivity contribution in [2.45, 2.75) is 64.1 Å². The Hall–Kier alpha value is -1.95. The lowest BCUT2D eigenvalue weighted by Gasteiger charge is -2.44. The number of nitrogens with zero attached hydrogens (tertiary/aromatic N) is 6. The number of anilines is 1. The summed E-state index contributed by atoms with van der Waals surface area (Å²) in [6.07, 6.45) is 10.8. The van der Waals surface area contributed by atoms with Crippen molar-refractivity contribution >= 4 is 5.82 Å². The van der Waals surface area contributed by atoms with E-state index in [1.54, 1.807) is 0 Å². The molecule has 0 saturated carbocycles. The number of rotatable bonds is 4. The third-order valence-electron chi connectivity index (χ3n) is 6.24. The maximum atomic E-state index is 4.84. The van der Waals surface area contributed by atoms with Crippen molar-refractivity contribution in [2.24, 2.45) is 0 Å². The monoisotopic (exact) mass is 352 g/mol. The van der Waals surface area contributed by atoms with Gasteiger partial charge in [-0.25, -0.2) is 4.98 Å². The summed E-state index contributed by atoms with van der Waals surface area (Å²) < 4.78 is 2.35. The van der Waals surface area contributed by atoms with Crippen LogP contribution < -0.4 is 4.90 Å². The molecule has 5 rings (SSSR count). The van der Waals surface area contributed by atoms with Crippen molar-refractivity contribution in [3.63, 3.8) is 0 Å². The van der Waals surface area contributed by atoms with Crippen molar-refractivity contribution in [2.75, 3.05) is 25.0 Å². The molecular weight excluding hydrogens is 324 g/mol. The Labute approximate surface area is 155 Å². The van der Waals surface area contributed by atoms with Crippen LogP contribution >= 0.6 is 0 Å². The van der Waals surface area contributed by atoms with Crippen molar-refractivity contribution in [3.05, 3.63) is 35.0 Å². The summed E-state index contributed by atoms with van der Waals surface area (Å²) in [6.45, 7) is 4.16. The molecule has 0 amide bonds. The van der Waals surface area contributed by atoms with Gasteiger partial charge in [-0.2, -0.15) is 5.10 Å². The Balaban J connectivity index is 1.19. The number of fused-ring (bicyclic) bond motifs is 2. The highest BCUT2D eigenvalue weighted by molar-refractivity contribution is 5.45. The van der Waals surface area contributed by atoms with E-state index in [2.05, 4.69) is 43.9 Å². The lowest BCUT2D eigenvalue weighted by molar-refractivity contribution is 0.194. The van der Waals surface area contributed by atoms with Gasteiger partial charge in [-0.3, -0.25) is 4.90 Å². The van der Waals surface area contributed by atoms with Crippen LogP contribution in [0, 0.1) is 0 Å². The van der Waals surface area contributed by atoms with Gasteiger partial charge in [0.25, 0.3) is 0 Å². The topological polar surface area (TPSA) is 50.1 Å². The van der Waals surface area contributed by atoms with E-state index in [9.17, 15) is 0 Å². The summed E-state index contributed by atoms with van der Waals surface area (Å²) in [5.41, 5.74) is 3.86. The van der Waals surface area contributed by atoms with E-state index in [1.807, 2.05) is 0 Å². The number of hydrogen-bond acceptors (Lipinski definition) is 5. The van der Waals surface area contributed by atoms with Gasteiger partial charge in [0.15, 0.2) is 5.82 Å². The fourth-order valence-corrected chi connectivity index (χ4v) is 4.49. The molecule has 1 aliphatic carbocycles. The van der Waals surface area contributed by atoms with Crippen molar-refractivity contribution in [1.82, 2.24) is 24.6 Å². The zero-order chi connectivity index (χ0) is 17.5. The molecule has 4 heterocycles. The van der Waals surface area contributed by atoms with Gasteiger partial charge >= 0.3 is 0 Å². The zero-order valence-corrected chi connectivity index (χ0v) is 15.7. The lowest BCUT2D eigenvalue weighted by Crippen LogP contribution is -2.58. The first-order valence-corrected chi connectivity index (χ1v) is 10.1. The predicted molar refractivity (Wildman–Crippen MR) is 101 cm³/mol. The summed E-state index contributed by atoms with van der Waals surface area (Å²) in [6, 6.07) is 2.85. The average Bonchev–Trinajstić information content (AvgIpc) is 3.02. The first-order valence-electron chi connectivity index (χ1n) is 10.1. The number of hydrogen-bond donors (Lipinski definition) is 0. The lowest BCUT2D eigenvalue weighted by atomic mass is 9.96. The van der Waals surface area contributed by atoms with Gasteiger partial charge in [0.05, 0.1) is 11.4 Å². The molecule has 2 aliphatic heterocycles. The van der Waals surface area contributed by atoms with Gasteiger partial charge < -0.3 is 9.47 Å². The average molecular weight is 352 g/mol. The number of aromatic nitrogens is 4. The molecule has 0 spiro atoms. The first kappa shape index (κ1) is 16.2. The van der Waals surface area contributed by atoms with Crippen LogP contribution in [0.25, 0.3) is 0 Å². The molecule has 0 radical (unpaired) electrons. The molecule has 1 saturated heterocycles. The Morgan fingerprint density at radius 1 is 1.08 bits per heavy atom. The van der Waals surface area contributed by atoms with Crippen LogP contribution in [0.3, 0.4) is 0 Å². The van der Waals surface area contributed by atoms with Crippen LogP contribution in [0.4, 0.5) is 5.82 Å². The molecule has 0 unspecified atom stereocenters. The first-order chi connectivity index (χ1) is 12.8. The van der Waals surface area contributed by atoms with Crippen LogP contribution in [0.1, 0.15) is 48.5 Å². The minimum atomic E-state index is 0.576. The molecule has 0 atom stereocenters. The highest BCUT2D eigenvalue weighted by Crippen LogP contribution is 2.26. The summed E-state index contributed by atoms with van der Waals surface area (Å²) >= 11 is 0. The van der Waals surface area contributed by atoms with Crippen LogP contribution in [0.5, 0.6) is 0 Å². The van der Waals surface area contributed by atoms with Gasteiger partial charge in [0.1, 0.15) is 5.82 Å². The minimum absolute atomic E-state index is 0.576. The van der Waals surface area contributed by atoms with Crippen LogP contribution in [0.15, 0.2) is 12.3 Å². The molecular formula is C20H28N6. The molecule has 0 bridgehead atoms. The summed E-state index contributed by atoms with van der Waals surface area (Å²) in [7, 11) is 2.22. The standard InChI is InChI=1S/C20H28N6/c1-24(11-16-12-25-9-5-4-8-19(25)21-16)17-13-26(14-17)20-10-15-6-2-3-7-18(15)22-23-20/h10,12,17H,2-9,11,13-14H2,1H3. The van der Waals surface area contributed by atoms with E-state index in [1.165, 1.54) is 54.9 Å². The Morgan fingerprint density at radius 2 is 1.92 bits per heavy atom. The quantitative estimate of drug-likeness (QED) is 0.844. The van der Waals surface area contributed by atoms with Gasteiger partial charge in [0, 0.05) is 44.8 Å². The fraction of sp³-hybridized carbons (Fsp3) is 0.650. The molecule has 0 aromatic carbocycles. The van der Waals surface area contributed by atoms with Gasteiger partial charge in [0.2, 0.25) is 0 Å². The van der Waals surface area contributed by atoms with Crippen LogP contribution in [-0.4, -0.2) is 50.8 Å². The second-order valence-corrected chi connectivity index (χ2v) is 8.15. The molecule has 138 valence electrons. The Kier molecular flexibility index (Phi) is 4.15. The van der Waals surface area contributed by atoms with Gasteiger partial charge in [-0.1, -0.05) is 0 Å². The maximum Gasteiger partial charge on any atom is 0.151 e. The second-order valence-electron chi connectivity index (χ2n) is 8.15. The third-order valence-corrected chi connectivity index (χ3v) is 6.24. The van der Waals surface area contributed by atoms with E-state index < -0.39 is 0 Å². The third kappa shape index (κ3) is 3.00. The highest BCUT2D eigenvalue weighted by Gasteiger charge is 2.32. The number of imidazole rings is 1. The molecule has 2 aromatic rings. The van der Waals surface area contributed by atoms with E-state index in [-0.39, 0.29) is 0 Å². The van der Waals surface area contributed by atoms with Crippen molar-refractivity contribution in [1.29, 1.82) is 0 Å². The molecule has 26 heavy (non-hydrogen) atoms. The van der Waals surface area contributed by atoms with Gasteiger partial charge in [-0.05, 0) is 57.2 Å². The van der Waals surface area contributed by atoms with Crippen LogP contribution in [0.2, 0.25) is 0 Å². The largest absolute Gasteiger partial charge is 0.352 e. The van der Waals surface area contributed by atoms with Crippen LogP contribution in [-0.2, 0) is 32.4 Å². The van der Waals surface area contributed by atoms with Gasteiger partial charge in [-0.15, -0.1) is 5.10 Å². The smallest absolute Gasteiger partial charge is 0.151 e. The van der Waals surface area contributed by atoms with Crippen molar-refractivity contribution in [3.8, 4) is 0 Å². The Morgan fingerprint density at radius 3 is 2.81 bits per heavy atom. The van der Waals surface area contributed by atoms with E-state index >= 15 is 0 Å². The summed E-state index contributed by atoms with van der Waals surface area (Å²) in [5, 5.41) is 8.96. The van der Waals surface area contributed by atoms with E-state index in [0.29, 0.717) is 6.04 Å². The molecule has 2 aromatic heterocycles. The number of aryl methyl sites for hydroxylation is 4. The second kappa shape index (κ2) is 6.65. The SMILES string of the molecule is CN(Cc1cn2c(n1)CCCC2)C1CN(c2cc3c(nn2)CCCC3)C1. The number of likely N-dealkylation sites (N-methyl/N-ethyl adjacent to an activating group) is 1. The molecule has 3 aliphatic rings. The van der Waals surface area contributed by atoms with Crippen molar-refractivity contribution < 1.29 is 0 Å². The molecule has 0 N–H and O–H groups in total. The molecule has 6 nitrogen and oxygen atoms in total. The summed E-state index contributed by atoms with van der Waals surface area (Å²) in [4.78, 5) is 9.65. The highest BCUT2D eigenvalue weighted by atomic mass is 15.4. The Bertz CT molecular complexity index is 768. The van der Waals surface area contributed by atoms with E-state index in [0.717, 1.165) is 44.8 Å². The fourth-order valence-electron chi connectivity index (χ4n) is 4.49. The predicted octanol–water partition coefficient (Wildman–Crippen LogP) is 2.21. The normalized spacial score (nSPS) is 20.0.